The highest BCUT2D eigenvalue weighted by atomic mass is 19.4. The molecule has 0 saturated heterocycles. The predicted molar refractivity (Wildman–Crippen MR) is 44.5 cm³/mol. The Morgan fingerprint density at radius 1 is 1.00 bits per heavy atom. The molecule has 0 bridgehead atoms. The molecule has 4 heteroatoms. The van der Waals surface area contributed by atoms with Gasteiger partial charge in [0.2, 0.25) is 0 Å². The Morgan fingerprint density at radius 3 is 1.77 bits per heavy atom. The average molecular weight is 191 g/mol. The van der Waals surface area contributed by atoms with E-state index in [0.29, 0.717) is 5.56 Å². The standard InChI is InChI=1S/C9H12F3N/c1-8(2,3)6-4-13-5-7(6)9(10,11)12/h4-5,13H,1-3H3. The maximum atomic E-state index is 12.4. The van der Waals surface area contributed by atoms with Crippen molar-refractivity contribution in [3.05, 3.63) is 23.5 Å². The first kappa shape index (κ1) is 10.2. The lowest BCUT2D eigenvalue weighted by molar-refractivity contribution is -0.138. The largest absolute Gasteiger partial charge is 0.418 e. The number of H-pyrrole nitrogens is 1. The minimum atomic E-state index is -4.26. The zero-order chi connectivity index (χ0) is 10.3. The third kappa shape index (κ3) is 2.05. The number of hydrogen-bond donors (Lipinski definition) is 1. The lowest BCUT2D eigenvalue weighted by Gasteiger charge is -2.20. The van der Waals surface area contributed by atoms with Gasteiger partial charge in [-0.05, 0) is 11.0 Å². The van der Waals surface area contributed by atoms with Crippen LogP contribution in [0.15, 0.2) is 12.4 Å². The minimum Gasteiger partial charge on any atom is -0.367 e. The predicted octanol–water partition coefficient (Wildman–Crippen LogP) is 3.33. The Kier molecular flexibility index (Phi) is 2.18. The van der Waals surface area contributed by atoms with E-state index >= 15 is 0 Å². The molecule has 0 spiro atoms. The van der Waals surface area contributed by atoms with Gasteiger partial charge < -0.3 is 4.98 Å². The summed E-state index contributed by atoms with van der Waals surface area (Å²) >= 11 is 0. The Morgan fingerprint density at radius 2 is 1.46 bits per heavy atom. The van der Waals surface area contributed by atoms with E-state index in [1.807, 2.05) is 0 Å². The van der Waals surface area contributed by atoms with Crippen LogP contribution in [0.1, 0.15) is 31.9 Å². The molecule has 0 amide bonds. The van der Waals surface area contributed by atoms with Crippen molar-refractivity contribution in [1.82, 2.24) is 4.98 Å². The van der Waals surface area contributed by atoms with Crippen molar-refractivity contribution in [3.63, 3.8) is 0 Å². The molecule has 1 aromatic heterocycles. The Labute approximate surface area is 75.0 Å². The fourth-order valence-electron chi connectivity index (χ4n) is 1.22. The summed E-state index contributed by atoms with van der Waals surface area (Å²) < 4.78 is 37.2. The van der Waals surface area contributed by atoms with Crippen molar-refractivity contribution in [2.75, 3.05) is 0 Å². The molecule has 1 aromatic rings. The van der Waals surface area contributed by atoms with E-state index < -0.39 is 17.2 Å². The van der Waals surface area contributed by atoms with Gasteiger partial charge in [0, 0.05) is 12.4 Å². The van der Waals surface area contributed by atoms with Crippen LogP contribution in [0.25, 0.3) is 0 Å². The normalized spacial score (nSPS) is 13.4. The van der Waals surface area contributed by atoms with Gasteiger partial charge in [0.05, 0.1) is 5.56 Å². The molecule has 1 nitrogen and oxygen atoms in total. The number of hydrogen-bond acceptors (Lipinski definition) is 0. The van der Waals surface area contributed by atoms with E-state index in [-0.39, 0.29) is 0 Å². The number of aromatic nitrogens is 1. The van der Waals surface area contributed by atoms with Crippen molar-refractivity contribution in [3.8, 4) is 0 Å². The lowest BCUT2D eigenvalue weighted by Crippen LogP contribution is -2.17. The molecule has 13 heavy (non-hydrogen) atoms. The van der Waals surface area contributed by atoms with Gasteiger partial charge in [-0.3, -0.25) is 0 Å². The zero-order valence-corrected chi connectivity index (χ0v) is 7.79. The van der Waals surface area contributed by atoms with Gasteiger partial charge >= 0.3 is 6.18 Å². The van der Waals surface area contributed by atoms with Gasteiger partial charge in [0.1, 0.15) is 0 Å². The molecule has 0 aliphatic carbocycles. The van der Waals surface area contributed by atoms with Crippen LogP contribution < -0.4 is 0 Å². The molecular formula is C9H12F3N. The van der Waals surface area contributed by atoms with Crippen molar-refractivity contribution in [2.45, 2.75) is 32.4 Å². The lowest BCUT2D eigenvalue weighted by atomic mass is 9.86. The van der Waals surface area contributed by atoms with Gasteiger partial charge in [-0.25, -0.2) is 0 Å². The third-order valence-corrected chi connectivity index (χ3v) is 1.86. The minimum absolute atomic E-state index is 0.306. The summed E-state index contributed by atoms with van der Waals surface area (Å²) in [5.74, 6) is 0. The molecule has 0 radical (unpaired) electrons. The monoisotopic (exact) mass is 191 g/mol. The van der Waals surface area contributed by atoms with E-state index in [1.54, 1.807) is 20.8 Å². The van der Waals surface area contributed by atoms with Crippen LogP contribution in [-0.4, -0.2) is 4.98 Å². The summed E-state index contributed by atoms with van der Waals surface area (Å²) in [6.45, 7) is 5.27. The molecular weight excluding hydrogens is 179 g/mol. The molecule has 0 aliphatic heterocycles. The second-order valence-electron chi connectivity index (χ2n) is 4.03. The number of aromatic amines is 1. The quantitative estimate of drug-likeness (QED) is 0.647. The van der Waals surface area contributed by atoms with Crippen LogP contribution in [-0.2, 0) is 11.6 Å². The molecule has 1 N–H and O–H groups in total. The van der Waals surface area contributed by atoms with Crippen LogP contribution in [0.5, 0.6) is 0 Å². The Hall–Kier alpha value is -0.930. The highest BCUT2D eigenvalue weighted by Gasteiger charge is 2.36. The molecule has 1 rings (SSSR count). The second-order valence-corrected chi connectivity index (χ2v) is 4.03. The summed E-state index contributed by atoms with van der Waals surface area (Å²) in [6.07, 6.45) is -1.86. The molecule has 74 valence electrons. The number of halogens is 3. The maximum absolute atomic E-state index is 12.4. The highest BCUT2D eigenvalue weighted by molar-refractivity contribution is 5.32. The number of nitrogens with one attached hydrogen (secondary N) is 1. The van der Waals surface area contributed by atoms with E-state index in [9.17, 15) is 13.2 Å². The molecule has 0 unspecified atom stereocenters. The first-order valence-electron chi connectivity index (χ1n) is 3.97. The van der Waals surface area contributed by atoms with E-state index in [1.165, 1.54) is 6.20 Å². The van der Waals surface area contributed by atoms with Crippen molar-refractivity contribution >= 4 is 0 Å². The maximum Gasteiger partial charge on any atom is 0.418 e. The van der Waals surface area contributed by atoms with Crippen molar-refractivity contribution in [2.24, 2.45) is 0 Å². The molecule has 0 aromatic carbocycles. The van der Waals surface area contributed by atoms with E-state index in [2.05, 4.69) is 4.98 Å². The SMILES string of the molecule is CC(C)(C)c1c[nH]cc1C(F)(F)F. The van der Waals surface area contributed by atoms with Gasteiger partial charge in [-0.1, -0.05) is 20.8 Å². The van der Waals surface area contributed by atoms with Gasteiger partial charge in [-0.15, -0.1) is 0 Å². The summed E-state index contributed by atoms with van der Waals surface area (Å²) in [5, 5.41) is 0. The summed E-state index contributed by atoms with van der Waals surface area (Å²) in [7, 11) is 0. The molecule has 1 heterocycles. The molecule has 0 fully saturated rings. The summed E-state index contributed by atoms with van der Waals surface area (Å²) in [6, 6.07) is 0. The Bertz CT molecular complexity index is 262. The third-order valence-electron chi connectivity index (χ3n) is 1.86. The summed E-state index contributed by atoms with van der Waals surface area (Å²) in [4.78, 5) is 2.49. The van der Waals surface area contributed by atoms with Gasteiger partial charge in [-0.2, -0.15) is 13.2 Å². The molecule has 0 atom stereocenters. The topological polar surface area (TPSA) is 15.8 Å². The average Bonchev–Trinajstić information content (AvgIpc) is 2.27. The van der Waals surface area contributed by atoms with Gasteiger partial charge in [0.15, 0.2) is 0 Å². The number of alkyl halides is 3. The zero-order valence-electron chi connectivity index (χ0n) is 7.79. The first-order chi connectivity index (χ1) is 5.73. The van der Waals surface area contributed by atoms with Crippen LogP contribution in [0.4, 0.5) is 13.2 Å². The van der Waals surface area contributed by atoms with Crippen LogP contribution in [0, 0.1) is 0 Å². The highest BCUT2D eigenvalue weighted by Crippen LogP contribution is 2.36. The van der Waals surface area contributed by atoms with Crippen LogP contribution in [0.3, 0.4) is 0 Å². The summed E-state index contributed by atoms with van der Waals surface area (Å²) in [5.41, 5.74) is -0.745. The first-order valence-corrected chi connectivity index (χ1v) is 3.97. The van der Waals surface area contributed by atoms with Crippen LogP contribution >= 0.6 is 0 Å². The smallest absolute Gasteiger partial charge is 0.367 e. The van der Waals surface area contributed by atoms with Crippen LogP contribution in [0.2, 0.25) is 0 Å². The van der Waals surface area contributed by atoms with Gasteiger partial charge in [0.25, 0.3) is 0 Å². The van der Waals surface area contributed by atoms with E-state index in [4.69, 9.17) is 0 Å². The fourth-order valence-corrected chi connectivity index (χ4v) is 1.22. The second kappa shape index (κ2) is 2.79. The van der Waals surface area contributed by atoms with Crippen molar-refractivity contribution < 1.29 is 13.2 Å². The van der Waals surface area contributed by atoms with Crippen molar-refractivity contribution in [1.29, 1.82) is 0 Å². The Balaban J connectivity index is 3.19. The fraction of sp³-hybridized carbons (Fsp3) is 0.556. The molecule has 0 aliphatic rings. The molecule has 0 saturated carbocycles. The number of rotatable bonds is 0. The van der Waals surface area contributed by atoms with E-state index in [0.717, 1.165) is 6.20 Å².